The highest BCUT2D eigenvalue weighted by Crippen LogP contribution is 2.33. The zero-order valence-electron chi connectivity index (χ0n) is 9.27. The maximum Gasteiger partial charge on any atom is 0.145 e. The minimum atomic E-state index is 0.219. The highest BCUT2D eigenvalue weighted by Gasteiger charge is 2.10. The number of methoxy groups -OCH3 is 1. The van der Waals surface area contributed by atoms with Crippen molar-refractivity contribution < 1.29 is 9.84 Å². The summed E-state index contributed by atoms with van der Waals surface area (Å²) in [7, 11) is 1.59. The fourth-order valence-electron chi connectivity index (χ4n) is 1.60. The van der Waals surface area contributed by atoms with E-state index in [1.54, 1.807) is 25.4 Å². The molecule has 0 saturated carbocycles. The third-order valence-corrected chi connectivity index (χ3v) is 2.40. The van der Waals surface area contributed by atoms with Crippen LogP contribution in [0.5, 0.6) is 11.5 Å². The predicted molar refractivity (Wildman–Crippen MR) is 62.6 cm³/mol. The molecule has 0 aliphatic rings. The number of rotatable bonds is 2. The van der Waals surface area contributed by atoms with E-state index >= 15 is 0 Å². The predicted octanol–water partition coefficient (Wildman–Crippen LogP) is 2.77. The molecule has 0 saturated heterocycles. The highest BCUT2D eigenvalue weighted by atomic mass is 16.5. The molecule has 3 nitrogen and oxygen atoms in total. The van der Waals surface area contributed by atoms with Gasteiger partial charge < -0.3 is 9.84 Å². The first-order chi connectivity index (χ1) is 7.72. The largest absolute Gasteiger partial charge is 0.507 e. The van der Waals surface area contributed by atoms with Gasteiger partial charge in [0.25, 0.3) is 0 Å². The van der Waals surface area contributed by atoms with Gasteiger partial charge in [0.15, 0.2) is 0 Å². The summed E-state index contributed by atoms with van der Waals surface area (Å²) < 4.78 is 5.21. The molecular formula is C13H13NO2. The molecule has 0 spiro atoms. The lowest BCUT2D eigenvalue weighted by atomic mass is 10.1. The lowest BCUT2D eigenvalue weighted by molar-refractivity contribution is 0.414. The molecule has 1 aromatic carbocycles. The van der Waals surface area contributed by atoms with Crippen LogP contribution in [-0.4, -0.2) is 17.2 Å². The van der Waals surface area contributed by atoms with Gasteiger partial charge in [-0.2, -0.15) is 0 Å². The van der Waals surface area contributed by atoms with Crippen molar-refractivity contribution in [1.29, 1.82) is 0 Å². The van der Waals surface area contributed by atoms with Crippen LogP contribution in [-0.2, 0) is 0 Å². The van der Waals surface area contributed by atoms with Gasteiger partial charge in [-0.1, -0.05) is 6.07 Å². The van der Waals surface area contributed by atoms with Crippen LogP contribution >= 0.6 is 0 Å². The van der Waals surface area contributed by atoms with E-state index < -0.39 is 0 Å². The second-order valence-corrected chi connectivity index (χ2v) is 3.57. The Labute approximate surface area is 94.3 Å². The molecular weight excluding hydrogens is 202 g/mol. The number of pyridine rings is 1. The minimum absolute atomic E-state index is 0.219. The Morgan fingerprint density at radius 1 is 1.25 bits per heavy atom. The summed E-state index contributed by atoms with van der Waals surface area (Å²) in [6.45, 7) is 1.93. The summed E-state index contributed by atoms with van der Waals surface area (Å²) in [5.74, 6) is 0.874. The van der Waals surface area contributed by atoms with E-state index in [0.29, 0.717) is 17.0 Å². The van der Waals surface area contributed by atoms with Crippen molar-refractivity contribution in [1.82, 2.24) is 4.98 Å². The lowest BCUT2D eigenvalue weighted by Crippen LogP contribution is -1.91. The van der Waals surface area contributed by atoms with Crippen LogP contribution in [0.4, 0.5) is 0 Å². The number of aromatic nitrogens is 1. The molecule has 0 aliphatic carbocycles. The zero-order valence-corrected chi connectivity index (χ0v) is 9.27. The van der Waals surface area contributed by atoms with Gasteiger partial charge in [-0.3, -0.25) is 4.98 Å². The fourth-order valence-corrected chi connectivity index (χ4v) is 1.60. The molecule has 1 N–H and O–H groups in total. The third kappa shape index (κ3) is 1.84. The molecule has 0 fully saturated rings. The number of aryl methyl sites for hydroxylation is 1. The topological polar surface area (TPSA) is 42.4 Å². The molecule has 3 heteroatoms. The Kier molecular flexibility index (Phi) is 2.77. The number of phenols is 1. The van der Waals surface area contributed by atoms with E-state index in [9.17, 15) is 5.11 Å². The van der Waals surface area contributed by atoms with Crippen LogP contribution in [0, 0.1) is 6.92 Å². The summed E-state index contributed by atoms with van der Waals surface area (Å²) in [6.07, 6.45) is 1.68. The van der Waals surface area contributed by atoms with Crippen LogP contribution < -0.4 is 4.74 Å². The number of hydrogen-bond donors (Lipinski definition) is 1. The molecule has 1 heterocycles. The zero-order chi connectivity index (χ0) is 11.5. The van der Waals surface area contributed by atoms with E-state index in [4.69, 9.17) is 4.74 Å². The second-order valence-electron chi connectivity index (χ2n) is 3.57. The number of nitrogens with zero attached hydrogens (tertiary/aromatic N) is 1. The Morgan fingerprint density at radius 3 is 2.75 bits per heavy atom. The van der Waals surface area contributed by atoms with Gasteiger partial charge >= 0.3 is 0 Å². The van der Waals surface area contributed by atoms with E-state index in [-0.39, 0.29) is 5.75 Å². The van der Waals surface area contributed by atoms with Crippen molar-refractivity contribution in [2.45, 2.75) is 6.92 Å². The first-order valence-electron chi connectivity index (χ1n) is 5.01. The normalized spacial score (nSPS) is 10.1. The van der Waals surface area contributed by atoms with E-state index in [2.05, 4.69) is 4.98 Å². The summed E-state index contributed by atoms with van der Waals surface area (Å²) >= 11 is 0. The number of ether oxygens (including phenoxy) is 1. The quantitative estimate of drug-likeness (QED) is 0.837. The summed E-state index contributed by atoms with van der Waals surface area (Å²) in [6, 6.07) is 9.11. The van der Waals surface area contributed by atoms with Gasteiger partial charge in [0, 0.05) is 11.8 Å². The van der Waals surface area contributed by atoms with Gasteiger partial charge in [-0.15, -0.1) is 0 Å². The molecule has 2 aromatic rings. The van der Waals surface area contributed by atoms with Crippen molar-refractivity contribution in [3.05, 3.63) is 42.1 Å². The number of benzene rings is 1. The van der Waals surface area contributed by atoms with E-state index in [1.165, 1.54) is 0 Å². The summed E-state index contributed by atoms with van der Waals surface area (Å²) in [5, 5.41) is 9.87. The number of aromatic hydroxyl groups is 1. The Balaban J connectivity index is 2.58. The minimum Gasteiger partial charge on any atom is -0.507 e. The molecule has 82 valence electrons. The van der Waals surface area contributed by atoms with Crippen LogP contribution in [0.25, 0.3) is 11.3 Å². The van der Waals surface area contributed by atoms with Crippen LogP contribution in [0.2, 0.25) is 0 Å². The van der Waals surface area contributed by atoms with Crippen molar-refractivity contribution in [2.24, 2.45) is 0 Å². The maximum atomic E-state index is 9.87. The second kappa shape index (κ2) is 4.23. The van der Waals surface area contributed by atoms with E-state index in [1.807, 2.05) is 25.1 Å². The smallest absolute Gasteiger partial charge is 0.145 e. The molecule has 0 bridgehead atoms. The van der Waals surface area contributed by atoms with E-state index in [0.717, 1.165) is 5.56 Å². The van der Waals surface area contributed by atoms with Gasteiger partial charge in [0.05, 0.1) is 7.11 Å². The lowest BCUT2D eigenvalue weighted by Gasteiger charge is -2.09. The standard InChI is InChI=1S/C13H13NO2/c1-9-5-6-10(11(15)8-9)13-12(16-2)4-3-7-14-13/h3-8,15H,1-2H3. The molecule has 1 aromatic heterocycles. The molecule has 0 unspecified atom stereocenters. The Hall–Kier alpha value is -2.03. The van der Waals surface area contributed by atoms with Crippen LogP contribution in [0.3, 0.4) is 0 Å². The molecule has 0 amide bonds. The average Bonchev–Trinajstić information content (AvgIpc) is 2.29. The Morgan fingerprint density at radius 2 is 2.06 bits per heavy atom. The van der Waals surface area contributed by atoms with Crippen LogP contribution in [0.15, 0.2) is 36.5 Å². The summed E-state index contributed by atoms with van der Waals surface area (Å²) in [5.41, 5.74) is 2.35. The SMILES string of the molecule is COc1cccnc1-c1ccc(C)cc1O. The van der Waals surface area contributed by atoms with Gasteiger partial charge in [0.1, 0.15) is 17.2 Å². The first-order valence-corrected chi connectivity index (χ1v) is 5.01. The molecule has 0 aliphatic heterocycles. The van der Waals surface area contributed by atoms with Gasteiger partial charge in [0.2, 0.25) is 0 Å². The number of phenolic OH excluding ortho intramolecular Hbond substituents is 1. The number of hydrogen-bond acceptors (Lipinski definition) is 3. The molecule has 16 heavy (non-hydrogen) atoms. The average molecular weight is 215 g/mol. The monoisotopic (exact) mass is 215 g/mol. The highest BCUT2D eigenvalue weighted by molar-refractivity contribution is 5.72. The van der Waals surface area contributed by atoms with Crippen molar-refractivity contribution >= 4 is 0 Å². The van der Waals surface area contributed by atoms with Crippen LogP contribution in [0.1, 0.15) is 5.56 Å². The van der Waals surface area contributed by atoms with Gasteiger partial charge in [-0.05, 0) is 36.8 Å². The van der Waals surface area contributed by atoms with Crippen molar-refractivity contribution in [3.63, 3.8) is 0 Å². The Bertz CT molecular complexity index is 509. The molecule has 0 atom stereocenters. The third-order valence-electron chi connectivity index (χ3n) is 2.40. The van der Waals surface area contributed by atoms with Gasteiger partial charge in [-0.25, -0.2) is 0 Å². The maximum absolute atomic E-state index is 9.87. The molecule has 2 rings (SSSR count). The summed E-state index contributed by atoms with van der Waals surface area (Å²) in [4.78, 5) is 4.23. The van der Waals surface area contributed by atoms with Crippen molar-refractivity contribution in [2.75, 3.05) is 7.11 Å². The first kappa shape index (κ1) is 10.5. The molecule has 0 radical (unpaired) electrons. The fraction of sp³-hybridized carbons (Fsp3) is 0.154. The van der Waals surface area contributed by atoms with Crippen molar-refractivity contribution in [3.8, 4) is 22.8 Å².